The Kier molecular flexibility index (Phi) is 4.12. The molecule has 0 bridgehead atoms. The summed E-state index contributed by atoms with van der Waals surface area (Å²) in [6.07, 6.45) is 1.68. The fourth-order valence-electron chi connectivity index (χ4n) is 2.98. The van der Waals surface area contributed by atoms with Crippen LogP contribution in [-0.4, -0.2) is 52.8 Å². The molecule has 0 radical (unpaired) electrons. The first-order chi connectivity index (χ1) is 13.0. The molecule has 0 spiro atoms. The van der Waals surface area contributed by atoms with E-state index in [0.717, 1.165) is 22.3 Å². The molecule has 1 aromatic heterocycles. The number of rotatable bonds is 4. The highest BCUT2D eigenvalue weighted by atomic mass is 16.3. The van der Waals surface area contributed by atoms with Crippen LogP contribution in [0.5, 0.6) is 0 Å². The molecule has 7 heteroatoms. The van der Waals surface area contributed by atoms with Gasteiger partial charge in [-0.1, -0.05) is 24.3 Å². The zero-order chi connectivity index (χ0) is 19.0. The van der Waals surface area contributed by atoms with Gasteiger partial charge in [-0.3, -0.25) is 5.41 Å². The molecule has 0 atom stereocenters. The lowest BCUT2D eigenvalue weighted by molar-refractivity contribution is 0.358. The summed E-state index contributed by atoms with van der Waals surface area (Å²) >= 11 is 0. The maximum absolute atomic E-state index is 10.4. The van der Waals surface area contributed by atoms with Crippen molar-refractivity contribution in [2.24, 2.45) is 5.10 Å². The number of hydrazone groups is 1. The number of fused-ring (bicyclic) bond motifs is 1. The number of nitrogens with zero attached hydrogens (tertiary/aromatic N) is 4. The van der Waals surface area contributed by atoms with Crippen LogP contribution < -0.4 is 4.90 Å². The van der Waals surface area contributed by atoms with Gasteiger partial charge < -0.3 is 15.0 Å². The van der Waals surface area contributed by atoms with E-state index in [1.807, 2.05) is 67.5 Å². The van der Waals surface area contributed by atoms with Crippen molar-refractivity contribution in [1.82, 2.24) is 15.0 Å². The molecule has 2 heterocycles. The van der Waals surface area contributed by atoms with E-state index in [2.05, 4.69) is 15.1 Å². The van der Waals surface area contributed by atoms with Gasteiger partial charge in [-0.2, -0.15) is 5.10 Å². The molecule has 0 aliphatic carbocycles. The maximum atomic E-state index is 10.4. The highest BCUT2D eigenvalue weighted by Crippen LogP contribution is 2.27. The lowest BCUT2D eigenvalue weighted by Gasteiger charge is -2.13. The summed E-state index contributed by atoms with van der Waals surface area (Å²) in [4.78, 5) is 9.66. The van der Waals surface area contributed by atoms with E-state index in [9.17, 15) is 5.11 Å². The molecule has 0 unspecified atom stereocenters. The van der Waals surface area contributed by atoms with E-state index in [4.69, 9.17) is 5.41 Å². The Hall–Kier alpha value is -3.61. The molecule has 3 N–H and O–H groups in total. The molecule has 136 valence electrons. The standard InChI is InChI=1S/C20H20N6O/c1-25(2)14-9-7-13(8-10-14)11-22-26-12-17(27)18(19(26)21)20-23-15-5-3-4-6-16(15)24-20/h3-11,21,27H,12H2,1-2H3,(H,23,24)/b21-19?,22-11+. The zero-order valence-corrected chi connectivity index (χ0v) is 15.1. The Morgan fingerprint density at radius 1 is 1.19 bits per heavy atom. The van der Waals surface area contributed by atoms with Crippen molar-refractivity contribution >= 4 is 34.3 Å². The van der Waals surface area contributed by atoms with Gasteiger partial charge in [0.25, 0.3) is 0 Å². The minimum atomic E-state index is 0.0826. The molecule has 7 nitrogen and oxygen atoms in total. The van der Waals surface area contributed by atoms with Crippen LogP contribution in [0.15, 0.2) is 59.4 Å². The fraction of sp³-hybridized carbons (Fsp3) is 0.150. The van der Waals surface area contributed by atoms with Crippen LogP contribution in [0.25, 0.3) is 16.6 Å². The van der Waals surface area contributed by atoms with E-state index < -0.39 is 0 Å². The number of anilines is 1. The van der Waals surface area contributed by atoms with E-state index in [1.165, 1.54) is 5.01 Å². The number of aliphatic hydroxyl groups is 1. The van der Waals surface area contributed by atoms with Gasteiger partial charge in [0.15, 0.2) is 5.84 Å². The van der Waals surface area contributed by atoms with Crippen LogP contribution in [0.1, 0.15) is 11.4 Å². The number of aromatic nitrogens is 2. The summed E-state index contributed by atoms with van der Waals surface area (Å²) in [5.74, 6) is 0.679. The first-order valence-corrected chi connectivity index (χ1v) is 8.58. The van der Waals surface area contributed by atoms with E-state index in [1.54, 1.807) is 6.21 Å². The topological polar surface area (TPSA) is 91.6 Å². The SMILES string of the molecule is CN(C)c1ccc(/C=N/N2CC(O)=C(c3nc4ccccc4[nH]3)C2=N)cc1. The summed E-state index contributed by atoms with van der Waals surface area (Å²) in [5, 5.41) is 24.6. The Labute approximate surface area is 156 Å². The monoisotopic (exact) mass is 360 g/mol. The van der Waals surface area contributed by atoms with E-state index >= 15 is 0 Å². The summed E-state index contributed by atoms with van der Waals surface area (Å²) in [5.41, 5.74) is 4.07. The molecule has 1 aliphatic rings. The molecule has 2 aromatic carbocycles. The Bertz CT molecular complexity index is 1030. The van der Waals surface area contributed by atoms with Gasteiger partial charge in [-0.15, -0.1) is 0 Å². The molecule has 27 heavy (non-hydrogen) atoms. The van der Waals surface area contributed by atoms with Crippen molar-refractivity contribution in [3.8, 4) is 0 Å². The lowest BCUT2D eigenvalue weighted by atomic mass is 10.2. The minimum Gasteiger partial charge on any atom is -0.509 e. The second-order valence-electron chi connectivity index (χ2n) is 6.56. The van der Waals surface area contributed by atoms with Crippen LogP contribution in [0.2, 0.25) is 0 Å². The third-order valence-electron chi connectivity index (χ3n) is 4.46. The number of aliphatic hydroxyl groups excluding tert-OH is 1. The molecule has 0 saturated carbocycles. The number of nitrogens with one attached hydrogen (secondary N) is 2. The van der Waals surface area contributed by atoms with Gasteiger partial charge >= 0.3 is 0 Å². The third-order valence-corrected chi connectivity index (χ3v) is 4.46. The molecular weight excluding hydrogens is 340 g/mol. The summed E-state index contributed by atoms with van der Waals surface area (Å²) in [7, 11) is 3.98. The number of aromatic amines is 1. The van der Waals surface area contributed by atoms with Crippen molar-refractivity contribution in [2.45, 2.75) is 0 Å². The maximum Gasteiger partial charge on any atom is 0.156 e. The molecule has 3 aromatic rings. The van der Waals surface area contributed by atoms with Crippen molar-refractivity contribution < 1.29 is 5.11 Å². The first kappa shape index (κ1) is 16.8. The minimum absolute atomic E-state index is 0.0826. The van der Waals surface area contributed by atoms with Crippen molar-refractivity contribution in [3.05, 3.63) is 65.7 Å². The highest BCUT2D eigenvalue weighted by Gasteiger charge is 2.30. The Morgan fingerprint density at radius 2 is 1.93 bits per heavy atom. The van der Waals surface area contributed by atoms with Gasteiger partial charge in [-0.05, 0) is 29.8 Å². The normalized spacial score (nSPS) is 14.7. The molecule has 0 fully saturated rings. The number of H-pyrrole nitrogens is 1. The third kappa shape index (κ3) is 3.15. The van der Waals surface area contributed by atoms with Gasteiger partial charge in [0, 0.05) is 19.8 Å². The van der Waals surface area contributed by atoms with Crippen LogP contribution in [-0.2, 0) is 0 Å². The number of amidine groups is 1. The van der Waals surface area contributed by atoms with Gasteiger partial charge in [-0.25, -0.2) is 9.99 Å². The highest BCUT2D eigenvalue weighted by molar-refractivity contribution is 6.23. The predicted molar refractivity (Wildman–Crippen MR) is 108 cm³/mol. The Balaban J connectivity index is 1.54. The molecule has 0 amide bonds. The number of hydrogen-bond acceptors (Lipinski definition) is 5. The van der Waals surface area contributed by atoms with Crippen molar-refractivity contribution in [3.63, 3.8) is 0 Å². The van der Waals surface area contributed by atoms with Crippen LogP contribution in [0, 0.1) is 5.41 Å². The average Bonchev–Trinajstić information content (AvgIpc) is 3.20. The summed E-state index contributed by atoms with van der Waals surface area (Å²) in [6.45, 7) is 0.150. The van der Waals surface area contributed by atoms with Crippen LogP contribution in [0.4, 0.5) is 5.69 Å². The summed E-state index contributed by atoms with van der Waals surface area (Å²) < 4.78 is 0. The molecular formula is C20H20N6O. The number of benzene rings is 2. The fourth-order valence-corrected chi connectivity index (χ4v) is 2.98. The lowest BCUT2D eigenvalue weighted by Crippen LogP contribution is -2.21. The quantitative estimate of drug-likeness (QED) is 0.623. The number of imidazole rings is 1. The van der Waals surface area contributed by atoms with Crippen LogP contribution in [0.3, 0.4) is 0 Å². The van der Waals surface area contributed by atoms with Crippen molar-refractivity contribution in [2.75, 3.05) is 25.5 Å². The first-order valence-electron chi connectivity index (χ1n) is 8.58. The zero-order valence-electron chi connectivity index (χ0n) is 15.1. The van der Waals surface area contributed by atoms with E-state index in [0.29, 0.717) is 11.4 Å². The molecule has 0 saturated heterocycles. The van der Waals surface area contributed by atoms with Gasteiger partial charge in [0.2, 0.25) is 0 Å². The molecule has 1 aliphatic heterocycles. The Morgan fingerprint density at radius 3 is 2.63 bits per heavy atom. The van der Waals surface area contributed by atoms with Crippen molar-refractivity contribution in [1.29, 1.82) is 5.41 Å². The number of para-hydroxylation sites is 2. The summed E-state index contributed by atoms with van der Waals surface area (Å²) in [6, 6.07) is 15.6. The van der Waals surface area contributed by atoms with Crippen LogP contribution >= 0.6 is 0 Å². The van der Waals surface area contributed by atoms with E-state index in [-0.39, 0.29) is 18.1 Å². The largest absolute Gasteiger partial charge is 0.509 e. The number of hydrogen-bond donors (Lipinski definition) is 3. The molecule has 4 rings (SSSR count). The predicted octanol–water partition coefficient (Wildman–Crippen LogP) is 3.22. The average molecular weight is 360 g/mol. The van der Waals surface area contributed by atoms with Gasteiger partial charge in [0.05, 0.1) is 17.2 Å². The second kappa shape index (κ2) is 6.60. The smallest absolute Gasteiger partial charge is 0.156 e. The van der Waals surface area contributed by atoms with Gasteiger partial charge in [0.1, 0.15) is 23.7 Å². The second-order valence-corrected chi connectivity index (χ2v) is 6.56.